The van der Waals surface area contributed by atoms with Gasteiger partial charge in [0.05, 0.1) is 5.57 Å². The second-order valence-corrected chi connectivity index (χ2v) is 4.85. The third-order valence-corrected chi connectivity index (χ3v) is 4.11. The summed E-state index contributed by atoms with van der Waals surface area (Å²) in [7, 11) is 0. The van der Waals surface area contributed by atoms with E-state index < -0.39 is 5.41 Å². The molecule has 0 aromatic rings. The number of carbonyl (C=O) groups is 2. The van der Waals surface area contributed by atoms with Crippen LogP contribution in [-0.4, -0.2) is 11.9 Å². The second kappa shape index (κ2) is 2.71. The zero-order chi connectivity index (χ0) is 10.6. The van der Waals surface area contributed by atoms with E-state index >= 15 is 0 Å². The molecular formula is C12H14O3. The zero-order valence-corrected chi connectivity index (χ0v) is 8.84. The minimum absolute atomic E-state index is 0.281. The molecule has 15 heavy (non-hydrogen) atoms. The van der Waals surface area contributed by atoms with Crippen molar-refractivity contribution in [3.8, 4) is 0 Å². The highest BCUT2D eigenvalue weighted by atomic mass is 16.6. The van der Waals surface area contributed by atoms with Crippen molar-refractivity contribution in [3.63, 3.8) is 0 Å². The predicted molar refractivity (Wildman–Crippen MR) is 52.8 cm³/mol. The second-order valence-electron chi connectivity index (χ2n) is 4.85. The monoisotopic (exact) mass is 206 g/mol. The molecule has 1 saturated carbocycles. The Morgan fingerprint density at radius 1 is 1.47 bits per heavy atom. The van der Waals surface area contributed by atoms with E-state index in [9.17, 15) is 9.59 Å². The molecule has 2 bridgehead atoms. The van der Waals surface area contributed by atoms with Crippen LogP contribution in [0.25, 0.3) is 0 Å². The van der Waals surface area contributed by atoms with Crippen molar-refractivity contribution >= 4 is 11.9 Å². The van der Waals surface area contributed by atoms with Gasteiger partial charge >= 0.3 is 11.9 Å². The first kappa shape index (κ1) is 9.13. The largest absolute Gasteiger partial charge is 0.389 e. The van der Waals surface area contributed by atoms with Crippen LogP contribution in [0.2, 0.25) is 0 Å². The lowest BCUT2D eigenvalue weighted by molar-refractivity contribution is -0.155. The highest BCUT2D eigenvalue weighted by Gasteiger charge is 2.63. The lowest BCUT2D eigenvalue weighted by Crippen LogP contribution is -2.23. The Morgan fingerprint density at radius 3 is 3.00 bits per heavy atom. The summed E-state index contributed by atoms with van der Waals surface area (Å²) < 4.78 is 4.79. The van der Waals surface area contributed by atoms with E-state index in [1.54, 1.807) is 0 Å². The van der Waals surface area contributed by atoms with E-state index in [0.717, 1.165) is 37.7 Å². The smallest absolute Gasteiger partial charge is 0.342 e. The number of hydrogen-bond acceptors (Lipinski definition) is 3. The summed E-state index contributed by atoms with van der Waals surface area (Å²) >= 11 is 0. The number of esters is 2. The van der Waals surface area contributed by atoms with E-state index in [2.05, 4.69) is 6.92 Å². The molecule has 80 valence electrons. The van der Waals surface area contributed by atoms with Crippen LogP contribution in [0.4, 0.5) is 0 Å². The Kier molecular flexibility index (Phi) is 1.65. The molecule has 2 aliphatic carbocycles. The Balaban J connectivity index is 2.14. The van der Waals surface area contributed by atoms with Crippen LogP contribution in [0, 0.1) is 11.3 Å². The maximum atomic E-state index is 11.7. The summed E-state index contributed by atoms with van der Waals surface area (Å²) in [6.07, 6.45) is 4.70. The maximum Gasteiger partial charge on any atom is 0.342 e. The van der Waals surface area contributed by atoms with Gasteiger partial charge in [-0.3, -0.25) is 4.79 Å². The normalized spacial score (nSPS) is 37.5. The summed E-state index contributed by atoms with van der Waals surface area (Å²) in [4.78, 5) is 23.4. The molecule has 0 aromatic carbocycles. The number of fused-ring (bicyclic) bond motifs is 1. The van der Waals surface area contributed by atoms with Crippen molar-refractivity contribution in [1.82, 2.24) is 0 Å². The minimum atomic E-state index is -0.508. The van der Waals surface area contributed by atoms with Crippen molar-refractivity contribution in [2.24, 2.45) is 11.3 Å². The number of hydrogen-bond donors (Lipinski definition) is 0. The van der Waals surface area contributed by atoms with Gasteiger partial charge < -0.3 is 4.74 Å². The molecular weight excluding hydrogens is 192 g/mol. The molecule has 1 heterocycles. The molecule has 3 nitrogen and oxygen atoms in total. The van der Waals surface area contributed by atoms with Gasteiger partial charge in [-0.1, -0.05) is 18.9 Å². The van der Waals surface area contributed by atoms with Gasteiger partial charge in [-0.2, -0.15) is 0 Å². The molecule has 0 N–H and O–H groups in total. The van der Waals surface area contributed by atoms with Crippen LogP contribution in [0.15, 0.2) is 11.1 Å². The van der Waals surface area contributed by atoms with Crippen LogP contribution in [0.3, 0.4) is 0 Å². The average Bonchev–Trinajstić information content (AvgIpc) is 2.80. The summed E-state index contributed by atoms with van der Waals surface area (Å²) in [5.41, 5.74) is 1.46. The summed E-state index contributed by atoms with van der Waals surface area (Å²) in [6.45, 7) is 2.11. The van der Waals surface area contributed by atoms with Crippen LogP contribution in [0.1, 0.15) is 39.0 Å². The molecule has 1 saturated heterocycles. The highest BCUT2D eigenvalue weighted by molar-refractivity contribution is 6.11. The lowest BCUT2D eigenvalue weighted by Gasteiger charge is -2.18. The van der Waals surface area contributed by atoms with E-state index in [1.807, 2.05) is 0 Å². The molecule has 0 radical (unpaired) electrons. The number of ether oxygens (including phenoxy) is 1. The van der Waals surface area contributed by atoms with E-state index in [4.69, 9.17) is 4.74 Å². The molecule has 2 unspecified atom stereocenters. The molecule has 0 amide bonds. The van der Waals surface area contributed by atoms with E-state index in [0.29, 0.717) is 5.92 Å². The topological polar surface area (TPSA) is 43.4 Å². The van der Waals surface area contributed by atoms with Gasteiger partial charge in [-0.15, -0.1) is 0 Å². The fourth-order valence-corrected chi connectivity index (χ4v) is 3.53. The van der Waals surface area contributed by atoms with E-state index in [-0.39, 0.29) is 11.9 Å². The van der Waals surface area contributed by atoms with Crippen molar-refractivity contribution in [1.29, 1.82) is 0 Å². The van der Waals surface area contributed by atoms with Crippen LogP contribution >= 0.6 is 0 Å². The van der Waals surface area contributed by atoms with Crippen molar-refractivity contribution in [3.05, 3.63) is 11.1 Å². The highest BCUT2D eigenvalue weighted by Crippen LogP contribution is 2.61. The van der Waals surface area contributed by atoms with Crippen molar-refractivity contribution in [2.75, 3.05) is 0 Å². The average molecular weight is 206 g/mol. The first-order valence-corrected chi connectivity index (χ1v) is 5.69. The Labute approximate surface area is 88.5 Å². The number of cyclic esters (lactones) is 2. The first-order valence-electron chi connectivity index (χ1n) is 5.69. The zero-order valence-electron chi connectivity index (χ0n) is 8.84. The summed E-state index contributed by atoms with van der Waals surface area (Å²) in [5, 5.41) is 0. The molecule has 2 fully saturated rings. The fourth-order valence-electron chi connectivity index (χ4n) is 3.53. The molecule has 1 spiro atoms. The quantitative estimate of drug-likeness (QED) is 0.512. The maximum absolute atomic E-state index is 11.7. The summed E-state index contributed by atoms with van der Waals surface area (Å²) in [6, 6.07) is 0. The van der Waals surface area contributed by atoms with Gasteiger partial charge in [0.2, 0.25) is 0 Å². The summed E-state index contributed by atoms with van der Waals surface area (Å²) in [5.74, 6) is -0.154. The van der Waals surface area contributed by atoms with Gasteiger partial charge in [0.1, 0.15) is 5.41 Å². The SMILES string of the molecule is CCCC1=C2C(=O)OC(=O)C23CCC1C3. The molecule has 3 rings (SSSR count). The molecule has 2 atom stereocenters. The van der Waals surface area contributed by atoms with E-state index in [1.165, 1.54) is 5.57 Å². The fraction of sp³-hybridized carbons (Fsp3) is 0.667. The number of rotatable bonds is 2. The van der Waals surface area contributed by atoms with Gasteiger partial charge in [0.25, 0.3) is 0 Å². The lowest BCUT2D eigenvalue weighted by atomic mass is 9.80. The Bertz CT molecular complexity index is 394. The molecule has 3 aliphatic rings. The van der Waals surface area contributed by atoms with Gasteiger partial charge in [0.15, 0.2) is 0 Å². The molecule has 1 aliphatic heterocycles. The van der Waals surface area contributed by atoms with Crippen molar-refractivity contribution in [2.45, 2.75) is 39.0 Å². The minimum Gasteiger partial charge on any atom is -0.389 e. The Morgan fingerprint density at radius 2 is 2.27 bits per heavy atom. The number of carbonyl (C=O) groups excluding carboxylic acids is 2. The third-order valence-electron chi connectivity index (χ3n) is 4.11. The number of allylic oxidation sites excluding steroid dienone is 1. The standard InChI is InChI=1S/C12H14O3/c1-2-3-8-7-4-5-12(6-7)9(8)10(13)15-11(12)14/h7H,2-6H2,1H3. The van der Waals surface area contributed by atoms with Gasteiger partial charge in [-0.05, 0) is 31.6 Å². The third kappa shape index (κ3) is 0.912. The Hall–Kier alpha value is -1.12. The van der Waals surface area contributed by atoms with Crippen molar-refractivity contribution < 1.29 is 14.3 Å². The first-order chi connectivity index (χ1) is 7.19. The van der Waals surface area contributed by atoms with Gasteiger partial charge in [0, 0.05) is 0 Å². The van der Waals surface area contributed by atoms with Crippen LogP contribution in [0.5, 0.6) is 0 Å². The van der Waals surface area contributed by atoms with Crippen LogP contribution in [-0.2, 0) is 14.3 Å². The molecule has 3 heteroatoms. The van der Waals surface area contributed by atoms with Crippen LogP contribution < -0.4 is 0 Å². The predicted octanol–water partition coefficient (Wildman–Crippen LogP) is 1.97. The van der Waals surface area contributed by atoms with Gasteiger partial charge in [-0.25, -0.2) is 4.79 Å². The molecule has 0 aromatic heterocycles.